The predicted octanol–water partition coefficient (Wildman–Crippen LogP) is 6.03. The van der Waals surface area contributed by atoms with Gasteiger partial charge in [-0.2, -0.15) is 0 Å². The lowest BCUT2D eigenvalue weighted by Crippen LogP contribution is -2.33. The summed E-state index contributed by atoms with van der Waals surface area (Å²) in [6.45, 7) is 6.22. The Kier molecular flexibility index (Phi) is 10.7. The molecule has 1 aliphatic rings. The van der Waals surface area contributed by atoms with Crippen molar-refractivity contribution in [1.82, 2.24) is 45.9 Å². The fourth-order valence-electron chi connectivity index (χ4n) is 5.51. The van der Waals surface area contributed by atoms with Gasteiger partial charge in [-0.05, 0) is 18.9 Å². The van der Waals surface area contributed by atoms with E-state index in [0.717, 1.165) is 36.2 Å². The second-order valence-corrected chi connectivity index (χ2v) is 11.9. The maximum absolute atomic E-state index is 7.06. The van der Waals surface area contributed by atoms with Gasteiger partial charge in [0.05, 0.1) is 54.6 Å². The molecule has 13 heteroatoms. The van der Waals surface area contributed by atoms with Gasteiger partial charge in [0.2, 0.25) is 11.8 Å². The predicted molar refractivity (Wildman–Crippen MR) is 187 cm³/mol. The fourth-order valence-corrected chi connectivity index (χ4v) is 6.16. The number of allylic oxidation sites excluding steroid dienone is 1. The quantitative estimate of drug-likeness (QED) is 0.134. The van der Waals surface area contributed by atoms with Crippen molar-refractivity contribution in [2.24, 2.45) is 0 Å². The minimum absolute atomic E-state index is 0.361. The van der Waals surface area contributed by atoms with Crippen molar-refractivity contribution in [2.75, 3.05) is 20.8 Å². The molecule has 1 atom stereocenters. The Morgan fingerprint density at radius 3 is 1.81 bits per heavy atom. The van der Waals surface area contributed by atoms with Gasteiger partial charge in [0.1, 0.15) is 17.2 Å². The molecule has 1 fully saturated rings. The minimum atomic E-state index is 0.361. The molecular formula is C35H35Cl2N9O2. The van der Waals surface area contributed by atoms with E-state index in [1.165, 1.54) is 0 Å². The molecule has 0 radical (unpaired) electrons. The van der Waals surface area contributed by atoms with Crippen LogP contribution in [0.1, 0.15) is 30.1 Å². The molecule has 0 unspecified atom stereocenters. The molecule has 246 valence electrons. The number of nitrogens with one attached hydrogen (secondary N) is 3. The summed E-state index contributed by atoms with van der Waals surface area (Å²) < 4.78 is 11.2. The van der Waals surface area contributed by atoms with E-state index in [9.17, 15) is 0 Å². The summed E-state index contributed by atoms with van der Waals surface area (Å²) in [4.78, 5) is 27.2. The van der Waals surface area contributed by atoms with Gasteiger partial charge >= 0.3 is 0 Å². The topological polar surface area (TPSA) is 132 Å². The number of aromatic nitrogens is 6. The van der Waals surface area contributed by atoms with E-state index in [-0.39, 0.29) is 0 Å². The Morgan fingerprint density at radius 2 is 1.29 bits per heavy atom. The number of benzene rings is 2. The summed E-state index contributed by atoms with van der Waals surface area (Å²) in [6, 6.07) is 13.6. The third kappa shape index (κ3) is 7.55. The van der Waals surface area contributed by atoms with Crippen LogP contribution in [0.5, 0.6) is 11.8 Å². The highest BCUT2D eigenvalue weighted by molar-refractivity contribution is 6.39. The zero-order chi connectivity index (χ0) is 33.5. The average molecular weight is 685 g/mol. The molecule has 0 aliphatic carbocycles. The summed E-state index contributed by atoms with van der Waals surface area (Å²) in [7, 11) is 3.15. The van der Waals surface area contributed by atoms with Crippen LogP contribution >= 0.6 is 23.2 Å². The van der Waals surface area contributed by atoms with Crippen LogP contribution in [0.2, 0.25) is 10.0 Å². The van der Waals surface area contributed by atoms with Gasteiger partial charge in [-0.1, -0.05) is 66.2 Å². The largest absolute Gasteiger partial charge is 0.480 e. The van der Waals surface area contributed by atoms with Gasteiger partial charge in [0.25, 0.3) is 0 Å². The summed E-state index contributed by atoms with van der Waals surface area (Å²) in [5, 5.41) is 11.1. The molecule has 48 heavy (non-hydrogen) atoms. The van der Waals surface area contributed by atoms with Crippen molar-refractivity contribution < 1.29 is 9.47 Å². The molecule has 0 spiro atoms. The molecule has 5 aromatic rings. The maximum Gasteiger partial charge on any atom is 0.237 e. The lowest BCUT2D eigenvalue weighted by atomic mass is 9.98. The highest BCUT2D eigenvalue weighted by atomic mass is 35.5. The second kappa shape index (κ2) is 15.5. The van der Waals surface area contributed by atoms with Gasteiger partial charge in [-0.25, -0.2) is 19.9 Å². The van der Waals surface area contributed by atoms with E-state index in [1.54, 1.807) is 45.1 Å². The summed E-state index contributed by atoms with van der Waals surface area (Å²) in [5.74, 6) is 1.51. The first kappa shape index (κ1) is 33.2. The second-order valence-electron chi connectivity index (χ2n) is 11.1. The molecular weight excluding hydrogens is 649 g/mol. The van der Waals surface area contributed by atoms with Gasteiger partial charge < -0.3 is 25.4 Å². The van der Waals surface area contributed by atoms with Gasteiger partial charge in [-0.3, -0.25) is 9.97 Å². The molecule has 11 nitrogen and oxygen atoms in total. The summed E-state index contributed by atoms with van der Waals surface area (Å²) in [5.41, 5.74) is 6.46. The molecule has 1 saturated heterocycles. The zero-order valence-corrected chi connectivity index (χ0v) is 28.1. The van der Waals surface area contributed by atoms with Crippen LogP contribution in [0.25, 0.3) is 33.6 Å². The lowest BCUT2D eigenvalue weighted by Gasteiger charge is -2.15. The molecule has 0 bridgehead atoms. The highest BCUT2D eigenvalue weighted by Crippen LogP contribution is 2.42. The first-order chi connectivity index (χ1) is 23.4. The normalized spacial score (nSPS) is 14.2. The Labute approximate surface area is 289 Å². The van der Waals surface area contributed by atoms with E-state index in [0.29, 0.717) is 87.2 Å². The molecule has 4 heterocycles. The Balaban J connectivity index is 1.21. The molecule has 0 amide bonds. The van der Waals surface area contributed by atoms with Crippen molar-refractivity contribution in [2.45, 2.75) is 38.5 Å². The summed E-state index contributed by atoms with van der Waals surface area (Å²) in [6.07, 6.45) is 8.86. The van der Waals surface area contributed by atoms with Crippen molar-refractivity contribution in [1.29, 1.82) is 0 Å². The standard InChI is InChI=1S/C35H35Cl2N9O2/c1-21-11-12-22(44-21)15-38-16-29-34(47-2)45-27(18-42-29)25-9-4-7-23(32(25)36)24-8-5-10-26(33(24)37)28-19-43-30(35(46-28)48-3)17-39-20-31-40-13-6-14-41-31/h4-10,13-14,18-19,22,38-39,44H,1,11-12,15-17,20H2,2-3H3/t22-/m0/s1. The molecule has 3 aromatic heterocycles. The smallest absolute Gasteiger partial charge is 0.237 e. The van der Waals surface area contributed by atoms with E-state index in [4.69, 9.17) is 42.6 Å². The van der Waals surface area contributed by atoms with Crippen LogP contribution in [-0.4, -0.2) is 56.7 Å². The Morgan fingerprint density at radius 1 is 0.750 bits per heavy atom. The fraction of sp³-hybridized carbons (Fsp3) is 0.257. The molecule has 1 aliphatic heterocycles. The van der Waals surface area contributed by atoms with Crippen molar-refractivity contribution in [3.05, 3.63) is 107 Å². The van der Waals surface area contributed by atoms with E-state index in [2.05, 4.69) is 42.5 Å². The van der Waals surface area contributed by atoms with Crippen LogP contribution < -0.4 is 25.4 Å². The highest BCUT2D eigenvalue weighted by Gasteiger charge is 2.20. The molecule has 6 rings (SSSR count). The SMILES string of the molecule is C=C1CC[C@@H](CNCc2ncc(-c3cccc(-c4cccc(-c5cnc(CNCc6ncccn6)c(OC)n5)c4Cl)c3Cl)nc2OC)N1. The summed E-state index contributed by atoms with van der Waals surface area (Å²) >= 11 is 14.1. The van der Waals surface area contributed by atoms with Crippen LogP contribution in [0.15, 0.2) is 79.5 Å². The first-order valence-corrected chi connectivity index (χ1v) is 16.2. The minimum Gasteiger partial charge on any atom is -0.480 e. The molecule has 3 N–H and O–H groups in total. The number of rotatable bonds is 13. The van der Waals surface area contributed by atoms with Crippen molar-refractivity contribution in [3.63, 3.8) is 0 Å². The number of halogens is 2. The average Bonchev–Trinajstić information content (AvgIpc) is 3.54. The lowest BCUT2D eigenvalue weighted by molar-refractivity contribution is 0.386. The van der Waals surface area contributed by atoms with Crippen molar-refractivity contribution in [3.8, 4) is 45.4 Å². The number of nitrogens with zero attached hydrogens (tertiary/aromatic N) is 6. The first-order valence-electron chi connectivity index (χ1n) is 15.4. The van der Waals surface area contributed by atoms with E-state index < -0.39 is 0 Å². The molecule has 2 aromatic carbocycles. The Bertz CT molecular complexity index is 1910. The Hall–Kier alpha value is -4.68. The third-order valence-electron chi connectivity index (χ3n) is 7.93. The maximum atomic E-state index is 7.06. The van der Waals surface area contributed by atoms with Gasteiger partial charge in [0, 0.05) is 66.0 Å². The van der Waals surface area contributed by atoms with Crippen molar-refractivity contribution >= 4 is 23.2 Å². The monoisotopic (exact) mass is 683 g/mol. The van der Waals surface area contributed by atoms with E-state index >= 15 is 0 Å². The third-order valence-corrected chi connectivity index (χ3v) is 8.74. The molecule has 0 saturated carbocycles. The number of hydrogen-bond acceptors (Lipinski definition) is 11. The van der Waals surface area contributed by atoms with Crippen LogP contribution in [0.4, 0.5) is 0 Å². The van der Waals surface area contributed by atoms with Gasteiger partial charge in [0.15, 0.2) is 0 Å². The van der Waals surface area contributed by atoms with Gasteiger partial charge in [-0.15, -0.1) is 0 Å². The number of methoxy groups -OCH3 is 2. The number of ether oxygens (including phenoxy) is 2. The van der Waals surface area contributed by atoms with E-state index in [1.807, 2.05) is 36.4 Å². The van der Waals surface area contributed by atoms with Crippen LogP contribution in [0.3, 0.4) is 0 Å². The number of hydrogen-bond donors (Lipinski definition) is 3. The van der Waals surface area contributed by atoms with Crippen LogP contribution in [-0.2, 0) is 19.6 Å². The van der Waals surface area contributed by atoms with Crippen LogP contribution in [0, 0.1) is 0 Å². The zero-order valence-electron chi connectivity index (χ0n) is 26.6.